The molecule has 0 aromatic carbocycles. The number of nitrogens with zero attached hydrogens (tertiary/aromatic N) is 5. The molecule has 3 atom stereocenters. The fourth-order valence-electron chi connectivity index (χ4n) is 6.25. The lowest BCUT2D eigenvalue weighted by molar-refractivity contribution is -0.137. The number of urea groups is 1. The van der Waals surface area contributed by atoms with Crippen LogP contribution in [0.25, 0.3) is 0 Å². The largest absolute Gasteiger partial charge is 0.349 e. The molecule has 5 N–H and O–H groups in total. The lowest BCUT2D eigenvalue weighted by Crippen LogP contribution is -2.58. The molecule has 2 unspecified atom stereocenters. The minimum Gasteiger partial charge on any atom is -0.338 e. The van der Waals surface area contributed by atoms with Crippen LogP contribution in [0.4, 0.5) is 10.6 Å². The number of nitrogens with two attached hydrogens (primary N) is 2. The van der Waals surface area contributed by atoms with E-state index in [9.17, 15) is 14.4 Å². The number of carbonyl (C=O) groups excluding carboxylic acids is 2. The number of aromatic nitrogens is 2. The number of anilines is 1. The second-order valence-electron chi connectivity index (χ2n) is 11.7. The third-order valence-corrected chi connectivity index (χ3v) is 8.53. The lowest BCUT2D eigenvalue weighted by Gasteiger charge is -2.37. The summed E-state index contributed by atoms with van der Waals surface area (Å²) >= 11 is 0. The SMILES string of the molecule is CC(C)(N)C(=O)N1CCN(C(=O)Nc2ccn(C3CCC(CN4CC5C(N)[C@@H]5C4)CC3)c(=O)n2)CC1. The molecule has 1 aromatic heterocycles. The molecule has 3 amide bonds. The number of rotatable bonds is 5. The number of piperidine rings is 1. The highest BCUT2D eigenvalue weighted by Crippen LogP contribution is 2.44. The number of fused-ring (bicyclic) bond motifs is 1. The first kappa shape index (κ1) is 25.2. The van der Waals surface area contributed by atoms with E-state index in [-0.39, 0.29) is 29.5 Å². The highest BCUT2D eigenvalue weighted by Gasteiger charge is 2.53. The number of likely N-dealkylation sites (tertiary alicyclic amines) is 1. The Morgan fingerprint density at radius 1 is 1.06 bits per heavy atom. The molecule has 2 aliphatic carbocycles. The third-order valence-electron chi connectivity index (χ3n) is 8.53. The number of piperazine rings is 1. The van der Waals surface area contributed by atoms with E-state index in [1.54, 1.807) is 40.5 Å². The van der Waals surface area contributed by atoms with E-state index in [1.165, 1.54) is 0 Å². The van der Waals surface area contributed by atoms with Gasteiger partial charge in [-0.3, -0.25) is 14.7 Å². The molecule has 1 aromatic rings. The molecule has 11 heteroatoms. The van der Waals surface area contributed by atoms with Crippen LogP contribution in [-0.4, -0.2) is 93.6 Å². The van der Waals surface area contributed by atoms with Crippen LogP contribution in [-0.2, 0) is 4.79 Å². The molecule has 36 heavy (non-hydrogen) atoms. The van der Waals surface area contributed by atoms with Crippen LogP contribution in [0.1, 0.15) is 45.6 Å². The molecule has 2 saturated carbocycles. The van der Waals surface area contributed by atoms with Crippen LogP contribution in [0.15, 0.2) is 17.1 Å². The molecule has 2 aliphatic heterocycles. The quantitative estimate of drug-likeness (QED) is 0.527. The summed E-state index contributed by atoms with van der Waals surface area (Å²) < 4.78 is 1.72. The number of nitrogens with one attached hydrogen (secondary N) is 1. The Bertz CT molecular complexity index is 1020. The Labute approximate surface area is 212 Å². The smallest absolute Gasteiger partial charge is 0.338 e. The zero-order chi connectivity index (χ0) is 25.6. The Balaban J connectivity index is 1.08. The summed E-state index contributed by atoms with van der Waals surface area (Å²) in [5, 5.41) is 2.73. The van der Waals surface area contributed by atoms with Crippen molar-refractivity contribution in [3.05, 3.63) is 22.7 Å². The zero-order valence-corrected chi connectivity index (χ0v) is 21.4. The van der Waals surface area contributed by atoms with E-state index >= 15 is 0 Å². The van der Waals surface area contributed by atoms with Crippen LogP contribution in [0, 0.1) is 17.8 Å². The highest BCUT2D eigenvalue weighted by molar-refractivity contribution is 5.89. The van der Waals surface area contributed by atoms with E-state index in [1.807, 2.05) is 0 Å². The van der Waals surface area contributed by atoms with E-state index in [4.69, 9.17) is 11.5 Å². The first-order valence-electron chi connectivity index (χ1n) is 13.3. The topological polar surface area (TPSA) is 143 Å². The van der Waals surface area contributed by atoms with E-state index < -0.39 is 5.54 Å². The maximum absolute atomic E-state index is 12.8. The van der Waals surface area contributed by atoms with Crippen molar-refractivity contribution in [3.63, 3.8) is 0 Å². The Hall–Kier alpha value is -2.50. The molecule has 0 bridgehead atoms. The Kier molecular flexibility index (Phi) is 6.82. The first-order valence-corrected chi connectivity index (χ1v) is 13.3. The third kappa shape index (κ3) is 5.28. The molecule has 4 fully saturated rings. The zero-order valence-electron chi connectivity index (χ0n) is 21.4. The molecule has 2 saturated heterocycles. The van der Waals surface area contributed by atoms with Crippen LogP contribution in [0.5, 0.6) is 0 Å². The fourth-order valence-corrected chi connectivity index (χ4v) is 6.25. The number of hydrogen-bond donors (Lipinski definition) is 3. The predicted octanol–water partition coefficient (Wildman–Crippen LogP) is 0.277. The van der Waals surface area contributed by atoms with Gasteiger partial charge in [0.15, 0.2) is 0 Å². The van der Waals surface area contributed by atoms with Crippen LogP contribution >= 0.6 is 0 Å². The van der Waals surface area contributed by atoms with Gasteiger partial charge >= 0.3 is 11.7 Å². The van der Waals surface area contributed by atoms with Crippen molar-refractivity contribution in [2.24, 2.45) is 29.2 Å². The van der Waals surface area contributed by atoms with Crippen molar-refractivity contribution >= 4 is 17.8 Å². The van der Waals surface area contributed by atoms with Crippen molar-refractivity contribution < 1.29 is 9.59 Å². The Morgan fingerprint density at radius 2 is 1.67 bits per heavy atom. The average Bonchev–Trinajstić information content (AvgIpc) is 3.23. The van der Waals surface area contributed by atoms with Gasteiger partial charge in [-0.05, 0) is 63.4 Å². The summed E-state index contributed by atoms with van der Waals surface area (Å²) in [5.41, 5.74) is 10.7. The van der Waals surface area contributed by atoms with E-state index in [0.717, 1.165) is 57.2 Å². The van der Waals surface area contributed by atoms with Gasteiger partial charge in [0.2, 0.25) is 5.91 Å². The molecular weight excluding hydrogens is 460 g/mol. The minimum atomic E-state index is -0.930. The maximum Gasteiger partial charge on any atom is 0.349 e. The van der Waals surface area contributed by atoms with Crippen molar-refractivity contribution in [2.45, 2.75) is 57.2 Å². The standard InChI is InChI=1S/C25H40N8O3/c1-25(2,27)22(34)31-9-11-32(12-10-31)23(35)28-20-7-8-33(24(36)29-20)17-5-3-16(4-6-17)13-30-14-18-19(15-30)21(18)26/h7-8,16-19,21H,3-6,9-15,26-27H2,1-2H3,(H,28,29,35,36)/t16?,17?,18-,19?,21?/m1/s1. The van der Waals surface area contributed by atoms with Gasteiger partial charge in [0, 0.05) is 64.1 Å². The monoisotopic (exact) mass is 500 g/mol. The van der Waals surface area contributed by atoms with Crippen LogP contribution in [0.2, 0.25) is 0 Å². The normalized spacial score (nSPS) is 30.7. The summed E-state index contributed by atoms with van der Waals surface area (Å²) in [4.78, 5) is 47.8. The predicted molar refractivity (Wildman–Crippen MR) is 136 cm³/mol. The van der Waals surface area contributed by atoms with Crippen LogP contribution < -0.4 is 22.5 Å². The van der Waals surface area contributed by atoms with Gasteiger partial charge in [-0.2, -0.15) is 4.98 Å². The van der Waals surface area contributed by atoms with E-state index in [2.05, 4.69) is 15.2 Å². The fraction of sp³-hybridized carbons (Fsp3) is 0.760. The average molecular weight is 501 g/mol. The van der Waals surface area contributed by atoms with Crippen LogP contribution in [0.3, 0.4) is 0 Å². The summed E-state index contributed by atoms with van der Waals surface area (Å²) in [6.07, 6.45) is 5.93. The molecule has 0 spiro atoms. The van der Waals surface area contributed by atoms with E-state index in [0.29, 0.717) is 38.1 Å². The second-order valence-corrected chi connectivity index (χ2v) is 11.7. The lowest BCUT2D eigenvalue weighted by atomic mass is 9.85. The Morgan fingerprint density at radius 3 is 2.25 bits per heavy atom. The van der Waals surface area contributed by atoms with Gasteiger partial charge in [-0.25, -0.2) is 9.59 Å². The first-order chi connectivity index (χ1) is 17.1. The summed E-state index contributed by atoms with van der Waals surface area (Å²) in [5.74, 6) is 2.26. The maximum atomic E-state index is 12.8. The minimum absolute atomic E-state index is 0.126. The summed E-state index contributed by atoms with van der Waals surface area (Å²) in [6.45, 7) is 8.48. The number of hydrogen-bond acceptors (Lipinski definition) is 7. The van der Waals surface area contributed by atoms with Gasteiger partial charge in [0.25, 0.3) is 0 Å². The molecule has 3 heterocycles. The van der Waals surface area contributed by atoms with Gasteiger partial charge in [0.05, 0.1) is 5.54 Å². The van der Waals surface area contributed by atoms with Gasteiger partial charge in [0.1, 0.15) is 5.82 Å². The van der Waals surface area contributed by atoms with Gasteiger partial charge in [-0.1, -0.05) is 0 Å². The summed E-state index contributed by atoms with van der Waals surface area (Å²) in [7, 11) is 0. The molecule has 11 nitrogen and oxygen atoms in total. The summed E-state index contributed by atoms with van der Waals surface area (Å²) in [6, 6.07) is 1.97. The molecule has 4 aliphatic rings. The molecule has 198 valence electrons. The number of amides is 3. The molecule has 0 radical (unpaired) electrons. The number of carbonyl (C=O) groups is 2. The van der Waals surface area contributed by atoms with Gasteiger partial charge in [-0.15, -0.1) is 0 Å². The van der Waals surface area contributed by atoms with Crippen molar-refractivity contribution in [2.75, 3.05) is 51.1 Å². The highest BCUT2D eigenvalue weighted by atomic mass is 16.2. The van der Waals surface area contributed by atoms with Crippen molar-refractivity contribution in [1.29, 1.82) is 0 Å². The van der Waals surface area contributed by atoms with Gasteiger partial charge < -0.3 is 26.2 Å². The second kappa shape index (κ2) is 9.75. The van der Waals surface area contributed by atoms with Crippen molar-refractivity contribution in [1.82, 2.24) is 24.3 Å². The molecule has 5 rings (SSSR count). The molecular formula is C25H40N8O3. The van der Waals surface area contributed by atoms with Crippen molar-refractivity contribution in [3.8, 4) is 0 Å².